The minimum absolute atomic E-state index is 0.238. The third-order valence-electron chi connectivity index (χ3n) is 10.2. The van der Waals surface area contributed by atoms with E-state index >= 15 is 0 Å². The van der Waals surface area contributed by atoms with Gasteiger partial charge in [-0.15, -0.1) is 0 Å². The molecule has 3 saturated carbocycles. The van der Waals surface area contributed by atoms with Gasteiger partial charge >= 0.3 is 0 Å². The fourth-order valence-electron chi connectivity index (χ4n) is 8.61. The summed E-state index contributed by atoms with van der Waals surface area (Å²) in [6, 6.07) is 0. The maximum Gasteiger partial charge on any atom is 0.159 e. The molecule has 0 spiro atoms. The summed E-state index contributed by atoms with van der Waals surface area (Å²) in [4.78, 5) is 13.2. The second-order valence-corrected chi connectivity index (χ2v) is 12.3. The van der Waals surface area contributed by atoms with Gasteiger partial charge in [0.25, 0.3) is 0 Å². The quantitative estimate of drug-likeness (QED) is 0.619. The lowest BCUT2D eigenvalue weighted by Crippen LogP contribution is -2.55. The van der Waals surface area contributed by atoms with E-state index in [1.54, 1.807) is 6.08 Å². The van der Waals surface area contributed by atoms with Crippen molar-refractivity contribution in [2.24, 2.45) is 46.3 Å². The van der Waals surface area contributed by atoms with Gasteiger partial charge in [-0.25, -0.2) is 0 Å². The second-order valence-electron chi connectivity index (χ2n) is 12.3. The Morgan fingerprint density at radius 3 is 2.50 bits per heavy atom. The van der Waals surface area contributed by atoms with Gasteiger partial charge in [0, 0.05) is 17.4 Å². The molecule has 2 N–H and O–H groups in total. The molecule has 3 fully saturated rings. The Hall–Kier alpha value is -0.670. The van der Waals surface area contributed by atoms with Crippen molar-refractivity contribution < 1.29 is 15.0 Å². The number of aliphatic hydroxyl groups is 2. The SMILES string of the molecule is CC(C)CCCC(C)C1CCC2C3CC(=O)C4=CC(O)C(O)CC4(C)C3CCC12C. The summed E-state index contributed by atoms with van der Waals surface area (Å²) < 4.78 is 0. The molecule has 0 aliphatic heterocycles. The average Bonchev–Trinajstić information content (AvgIpc) is 3.01. The number of carbonyl (C=O) groups excluding carboxylic acids is 1. The van der Waals surface area contributed by atoms with Crippen LogP contribution in [0, 0.1) is 46.3 Å². The predicted molar refractivity (Wildman–Crippen MR) is 121 cm³/mol. The number of Topliss-reactive ketones (excluding diaryl/α,β-unsaturated/α-hetero) is 1. The molecule has 0 aromatic rings. The fourth-order valence-corrected chi connectivity index (χ4v) is 8.61. The van der Waals surface area contributed by atoms with E-state index in [0.29, 0.717) is 36.0 Å². The Morgan fingerprint density at radius 1 is 1.07 bits per heavy atom. The van der Waals surface area contributed by atoms with Gasteiger partial charge in [0.1, 0.15) is 0 Å². The molecular formula is C27H44O3. The minimum Gasteiger partial charge on any atom is -0.390 e. The Kier molecular flexibility index (Phi) is 6.03. The van der Waals surface area contributed by atoms with Crippen LogP contribution < -0.4 is 0 Å². The van der Waals surface area contributed by atoms with E-state index in [1.807, 2.05) is 0 Å². The highest BCUT2D eigenvalue weighted by Crippen LogP contribution is 2.67. The third kappa shape index (κ3) is 3.52. The van der Waals surface area contributed by atoms with Crippen molar-refractivity contribution in [1.29, 1.82) is 0 Å². The van der Waals surface area contributed by atoms with Gasteiger partial charge in [0.05, 0.1) is 12.2 Å². The number of rotatable bonds is 5. The number of ketones is 1. The molecule has 0 saturated heterocycles. The molecule has 0 aromatic heterocycles. The topological polar surface area (TPSA) is 57.5 Å². The van der Waals surface area contributed by atoms with Gasteiger partial charge in [0.15, 0.2) is 5.78 Å². The largest absolute Gasteiger partial charge is 0.390 e. The molecule has 0 aromatic carbocycles. The Balaban J connectivity index is 1.54. The minimum atomic E-state index is -0.884. The van der Waals surface area contributed by atoms with Crippen molar-refractivity contribution in [1.82, 2.24) is 0 Å². The smallest absolute Gasteiger partial charge is 0.159 e. The number of hydrogen-bond donors (Lipinski definition) is 2. The Morgan fingerprint density at radius 2 is 1.80 bits per heavy atom. The fraction of sp³-hybridized carbons (Fsp3) is 0.889. The lowest BCUT2D eigenvalue weighted by Gasteiger charge is -2.58. The monoisotopic (exact) mass is 416 g/mol. The summed E-state index contributed by atoms with van der Waals surface area (Å²) in [5.74, 6) is 4.15. The molecule has 0 heterocycles. The van der Waals surface area contributed by atoms with E-state index in [2.05, 4.69) is 34.6 Å². The Bertz CT molecular complexity index is 696. The summed E-state index contributed by atoms with van der Waals surface area (Å²) >= 11 is 0. The number of aliphatic hydroxyl groups excluding tert-OH is 2. The summed E-state index contributed by atoms with van der Waals surface area (Å²) in [6.07, 6.45) is 10.3. The van der Waals surface area contributed by atoms with E-state index in [4.69, 9.17) is 0 Å². The number of fused-ring (bicyclic) bond motifs is 5. The molecule has 3 nitrogen and oxygen atoms in total. The predicted octanol–water partition coefficient (Wildman–Crippen LogP) is 5.54. The lowest BCUT2D eigenvalue weighted by atomic mass is 9.46. The first kappa shape index (κ1) is 22.5. The molecule has 9 atom stereocenters. The molecule has 9 unspecified atom stereocenters. The number of allylic oxidation sites excluding steroid dienone is 1. The van der Waals surface area contributed by atoms with Crippen LogP contribution in [0.1, 0.15) is 92.4 Å². The van der Waals surface area contributed by atoms with Gasteiger partial charge in [-0.1, -0.05) is 53.9 Å². The zero-order valence-corrected chi connectivity index (χ0v) is 19.9. The molecule has 4 aliphatic rings. The zero-order chi connectivity index (χ0) is 21.8. The molecule has 170 valence electrons. The highest BCUT2D eigenvalue weighted by molar-refractivity contribution is 5.98. The van der Waals surface area contributed by atoms with Gasteiger partial charge in [0.2, 0.25) is 0 Å². The van der Waals surface area contributed by atoms with Crippen LogP contribution in [0.25, 0.3) is 0 Å². The molecule has 4 rings (SSSR count). The Labute approximate surface area is 183 Å². The van der Waals surface area contributed by atoms with Crippen LogP contribution >= 0.6 is 0 Å². The van der Waals surface area contributed by atoms with Crippen molar-refractivity contribution in [3.8, 4) is 0 Å². The van der Waals surface area contributed by atoms with Crippen LogP contribution in [0.5, 0.6) is 0 Å². The first-order valence-corrected chi connectivity index (χ1v) is 12.7. The van der Waals surface area contributed by atoms with Crippen LogP contribution in [0.4, 0.5) is 0 Å². The molecule has 0 radical (unpaired) electrons. The van der Waals surface area contributed by atoms with Gasteiger partial charge in [-0.2, -0.15) is 0 Å². The highest BCUT2D eigenvalue weighted by atomic mass is 16.3. The standard InChI is InChI=1S/C27H44O3/c1-16(2)7-6-8-17(3)19-9-10-20-18-13-23(28)22-14-24(29)25(30)15-27(22,5)21(18)11-12-26(19,20)4/h14,16-21,24-25,29-30H,6-13,15H2,1-5H3. The average molecular weight is 417 g/mol. The summed E-state index contributed by atoms with van der Waals surface area (Å²) in [5.41, 5.74) is 0.922. The first-order valence-electron chi connectivity index (χ1n) is 12.7. The molecule has 4 aliphatic carbocycles. The van der Waals surface area contributed by atoms with Crippen molar-refractivity contribution >= 4 is 5.78 Å². The molecule has 0 bridgehead atoms. The van der Waals surface area contributed by atoms with Gasteiger partial charge in [-0.05, 0) is 79.1 Å². The van der Waals surface area contributed by atoms with E-state index in [9.17, 15) is 15.0 Å². The highest BCUT2D eigenvalue weighted by Gasteiger charge is 2.61. The second kappa shape index (κ2) is 8.03. The van der Waals surface area contributed by atoms with E-state index < -0.39 is 12.2 Å². The van der Waals surface area contributed by atoms with Crippen LogP contribution in [-0.4, -0.2) is 28.2 Å². The maximum absolute atomic E-state index is 13.2. The van der Waals surface area contributed by atoms with Crippen LogP contribution in [0.15, 0.2) is 11.6 Å². The van der Waals surface area contributed by atoms with Gasteiger partial charge in [-0.3, -0.25) is 4.79 Å². The summed E-state index contributed by atoms with van der Waals surface area (Å²) in [7, 11) is 0. The first-order chi connectivity index (χ1) is 14.1. The zero-order valence-electron chi connectivity index (χ0n) is 19.9. The molecule has 3 heteroatoms. The van der Waals surface area contributed by atoms with E-state index in [-0.39, 0.29) is 11.2 Å². The van der Waals surface area contributed by atoms with Crippen molar-refractivity contribution in [3.63, 3.8) is 0 Å². The third-order valence-corrected chi connectivity index (χ3v) is 10.2. The normalized spacial score (nSPS) is 46.8. The van der Waals surface area contributed by atoms with Gasteiger partial charge < -0.3 is 10.2 Å². The summed E-state index contributed by atoms with van der Waals surface area (Å²) in [5, 5.41) is 20.6. The van der Waals surface area contributed by atoms with Crippen LogP contribution in [0.3, 0.4) is 0 Å². The van der Waals surface area contributed by atoms with Crippen LogP contribution in [-0.2, 0) is 4.79 Å². The molecular weight excluding hydrogens is 372 g/mol. The summed E-state index contributed by atoms with van der Waals surface area (Å²) in [6.45, 7) is 11.9. The van der Waals surface area contributed by atoms with Crippen molar-refractivity contribution in [2.45, 2.75) is 105 Å². The number of hydrogen-bond acceptors (Lipinski definition) is 3. The number of carbonyl (C=O) groups is 1. The molecule has 0 amide bonds. The van der Waals surface area contributed by atoms with E-state index in [1.165, 1.54) is 38.5 Å². The van der Waals surface area contributed by atoms with Crippen LogP contribution in [0.2, 0.25) is 0 Å². The lowest BCUT2D eigenvalue weighted by molar-refractivity contribution is -0.133. The van der Waals surface area contributed by atoms with E-state index in [0.717, 1.165) is 29.7 Å². The maximum atomic E-state index is 13.2. The van der Waals surface area contributed by atoms with Crippen molar-refractivity contribution in [2.75, 3.05) is 0 Å². The van der Waals surface area contributed by atoms with Crippen molar-refractivity contribution in [3.05, 3.63) is 11.6 Å². The molecule has 30 heavy (non-hydrogen) atoms.